The lowest BCUT2D eigenvalue weighted by Crippen LogP contribution is -2.32. The fourth-order valence-electron chi connectivity index (χ4n) is 2.05. The van der Waals surface area contributed by atoms with E-state index in [4.69, 9.17) is 0 Å². The van der Waals surface area contributed by atoms with Crippen LogP contribution in [0.15, 0.2) is 18.3 Å². The molecule has 2 atom stereocenters. The first-order valence-electron chi connectivity index (χ1n) is 5.37. The van der Waals surface area contributed by atoms with Crippen LogP contribution in [0.25, 0.3) is 0 Å². The van der Waals surface area contributed by atoms with E-state index in [-0.39, 0.29) is 17.9 Å². The van der Waals surface area contributed by atoms with Gasteiger partial charge in [0.1, 0.15) is 5.69 Å². The molecular weight excluding hydrogens is 192 g/mol. The average molecular weight is 208 g/mol. The van der Waals surface area contributed by atoms with E-state index in [0.29, 0.717) is 12.2 Å². The van der Waals surface area contributed by atoms with Gasteiger partial charge in [0, 0.05) is 18.7 Å². The molecule has 0 aliphatic heterocycles. The lowest BCUT2D eigenvalue weighted by Gasteiger charge is -2.14. The minimum absolute atomic E-state index is 0.0981. The third-order valence-corrected chi connectivity index (χ3v) is 2.99. The molecule has 1 aliphatic rings. The summed E-state index contributed by atoms with van der Waals surface area (Å²) in [6.45, 7) is 0.568. The minimum atomic E-state index is -0.242. The van der Waals surface area contributed by atoms with Gasteiger partial charge in [-0.2, -0.15) is 0 Å². The molecular formula is C11H16N2O2. The largest absolute Gasteiger partial charge is 0.393 e. The van der Waals surface area contributed by atoms with Crippen LogP contribution in [0.3, 0.4) is 0 Å². The second kappa shape index (κ2) is 4.49. The van der Waals surface area contributed by atoms with E-state index in [1.54, 1.807) is 18.3 Å². The summed E-state index contributed by atoms with van der Waals surface area (Å²) in [6.07, 6.45) is 4.41. The van der Waals surface area contributed by atoms with Gasteiger partial charge in [-0.1, -0.05) is 6.42 Å². The number of aromatic amines is 1. The van der Waals surface area contributed by atoms with Crippen molar-refractivity contribution in [2.45, 2.75) is 25.4 Å². The van der Waals surface area contributed by atoms with Gasteiger partial charge in [0.05, 0.1) is 6.10 Å². The summed E-state index contributed by atoms with van der Waals surface area (Å²) in [5.41, 5.74) is 0.572. The molecule has 0 radical (unpaired) electrons. The van der Waals surface area contributed by atoms with Crippen LogP contribution in [-0.4, -0.2) is 28.6 Å². The molecule has 1 aromatic rings. The molecule has 1 amide bonds. The second-order valence-electron chi connectivity index (χ2n) is 4.05. The highest BCUT2D eigenvalue weighted by Gasteiger charge is 2.25. The Morgan fingerprint density at radius 2 is 2.47 bits per heavy atom. The highest BCUT2D eigenvalue weighted by atomic mass is 16.3. The second-order valence-corrected chi connectivity index (χ2v) is 4.05. The molecule has 0 spiro atoms. The van der Waals surface area contributed by atoms with E-state index < -0.39 is 0 Å². The van der Waals surface area contributed by atoms with E-state index in [1.165, 1.54) is 0 Å². The Labute approximate surface area is 88.7 Å². The Hall–Kier alpha value is -1.29. The average Bonchev–Trinajstić information content (AvgIpc) is 2.85. The molecule has 1 saturated carbocycles. The molecule has 3 N–H and O–H groups in total. The van der Waals surface area contributed by atoms with Crippen LogP contribution in [0.4, 0.5) is 0 Å². The quantitative estimate of drug-likeness (QED) is 0.691. The van der Waals surface area contributed by atoms with Gasteiger partial charge in [-0.15, -0.1) is 0 Å². The van der Waals surface area contributed by atoms with Crippen LogP contribution < -0.4 is 5.32 Å². The number of carbonyl (C=O) groups is 1. The zero-order valence-corrected chi connectivity index (χ0v) is 8.57. The molecule has 1 aliphatic carbocycles. The molecule has 1 fully saturated rings. The van der Waals surface area contributed by atoms with Crippen LogP contribution in [0.2, 0.25) is 0 Å². The Bertz CT molecular complexity index is 321. The zero-order valence-electron chi connectivity index (χ0n) is 8.57. The van der Waals surface area contributed by atoms with E-state index >= 15 is 0 Å². The summed E-state index contributed by atoms with van der Waals surface area (Å²) < 4.78 is 0. The first-order chi connectivity index (χ1) is 7.27. The van der Waals surface area contributed by atoms with Crippen molar-refractivity contribution in [1.29, 1.82) is 0 Å². The maximum atomic E-state index is 11.5. The molecule has 4 heteroatoms. The Morgan fingerprint density at radius 1 is 1.60 bits per heavy atom. The zero-order chi connectivity index (χ0) is 10.7. The van der Waals surface area contributed by atoms with Crippen LogP contribution in [0, 0.1) is 5.92 Å². The van der Waals surface area contributed by atoms with Gasteiger partial charge in [0.2, 0.25) is 0 Å². The summed E-state index contributed by atoms with van der Waals surface area (Å²) in [5, 5.41) is 12.4. The van der Waals surface area contributed by atoms with Crippen LogP contribution in [-0.2, 0) is 0 Å². The normalized spacial score (nSPS) is 25.4. The van der Waals surface area contributed by atoms with Gasteiger partial charge in [-0.05, 0) is 25.0 Å². The van der Waals surface area contributed by atoms with Crippen LogP contribution >= 0.6 is 0 Å². The minimum Gasteiger partial charge on any atom is -0.393 e. The number of aliphatic hydroxyl groups excluding tert-OH is 1. The lowest BCUT2D eigenvalue weighted by molar-refractivity contribution is 0.0912. The Morgan fingerprint density at radius 3 is 3.07 bits per heavy atom. The number of aliphatic hydroxyl groups is 1. The van der Waals surface area contributed by atoms with E-state index in [2.05, 4.69) is 10.3 Å². The fourth-order valence-corrected chi connectivity index (χ4v) is 2.05. The van der Waals surface area contributed by atoms with Gasteiger partial charge >= 0.3 is 0 Å². The smallest absolute Gasteiger partial charge is 0.267 e. The van der Waals surface area contributed by atoms with Crippen molar-refractivity contribution in [3.63, 3.8) is 0 Å². The molecule has 2 unspecified atom stereocenters. The van der Waals surface area contributed by atoms with E-state index in [1.807, 2.05) is 0 Å². The predicted octanol–water partition coefficient (Wildman–Crippen LogP) is 0.905. The summed E-state index contributed by atoms with van der Waals surface area (Å²) >= 11 is 0. The third kappa shape index (κ3) is 2.39. The van der Waals surface area contributed by atoms with E-state index in [0.717, 1.165) is 19.3 Å². The maximum absolute atomic E-state index is 11.5. The van der Waals surface area contributed by atoms with Gasteiger partial charge < -0.3 is 15.4 Å². The van der Waals surface area contributed by atoms with Crippen LogP contribution in [0.1, 0.15) is 29.8 Å². The standard InChI is InChI=1S/C11H16N2O2/c14-10-5-1-3-8(10)7-13-11(15)9-4-2-6-12-9/h2,4,6,8,10,12,14H,1,3,5,7H2,(H,13,15). The number of amides is 1. The van der Waals surface area contributed by atoms with Crippen molar-refractivity contribution >= 4 is 5.91 Å². The van der Waals surface area contributed by atoms with Crippen molar-refractivity contribution in [2.24, 2.45) is 5.92 Å². The molecule has 82 valence electrons. The number of aromatic nitrogens is 1. The number of rotatable bonds is 3. The fraction of sp³-hybridized carbons (Fsp3) is 0.545. The molecule has 2 rings (SSSR count). The molecule has 4 nitrogen and oxygen atoms in total. The van der Waals surface area contributed by atoms with Crippen molar-refractivity contribution in [1.82, 2.24) is 10.3 Å². The maximum Gasteiger partial charge on any atom is 0.267 e. The van der Waals surface area contributed by atoms with Crippen molar-refractivity contribution in [3.05, 3.63) is 24.0 Å². The molecule has 0 saturated heterocycles. The Kier molecular flexibility index (Phi) is 3.06. The molecule has 0 bridgehead atoms. The number of hydrogen-bond acceptors (Lipinski definition) is 2. The van der Waals surface area contributed by atoms with Gasteiger partial charge in [-0.3, -0.25) is 4.79 Å². The van der Waals surface area contributed by atoms with Gasteiger partial charge in [-0.25, -0.2) is 0 Å². The SMILES string of the molecule is O=C(NCC1CCCC1O)c1ccc[nH]1. The summed E-state index contributed by atoms with van der Waals surface area (Å²) in [4.78, 5) is 14.4. The third-order valence-electron chi connectivity index (χ3n) is 2.99. The molecule has 1 aromatic heterocycles. The lowest BCUT2D eigenvalue weighted by atomic mass is 10.1. The van der Waals surface area contributed by atoms with Crippen molar-refractivity contribution in [2.75, 3.05) is 6.54 Å². The van der Waals surface area contributed by atoms with Crippen LogP contribution in [0.5, 0.6) is 0 Å². The first kappa shape index (κ1) is 10.2. The molecule has 15 heavy (non-hydrogen) atoms. The number of H-pyrrole nitrogens is 1. The highest BCUT2D eigenvalue weighted by Crippen LogP contribution is 2.24. The predicted molar refractivity (Wildman–Crippen MR) is 56.5 cm³/mol. The Balaban J connectivity index is 1.81. The highest BCUT2D eigenvalue weighted by molar-refractivity contribution is 5.92. The number of carbonyl (C=O) groups excluding carboxylic acids is 1. The van der Waals surface area contributed by atoms with E-state index in [9.17, 15) is 9.90 Å². The summed E-state index contributed by atoms with van der Waals surface area (Å²) in [5.74, 6) is 0.128. The molecule has 1 heterocycles. The summed E-state index contributed by atoms with van der Waals surface area (Å²) in [6, 6.07) is 3.53. The first-order valence-corrected chi connectivity index (χ1v) is 5.37. The van der Waals surface area contributed by atoms with Crippen molar-refractivity contribution < 1.29 is 9.90 Å². The topological polar surface area (TPSA) is 65.1 Å². The van der Waals surface area contributed by atoms with Gasteiger partial charge in [0.25, 0.3) is 5.91 Å². The van der Waals surface area contributed by atoms with Gasteiger partial charge in [0.15, 0.2) is 0 Å². The summed E-state index contributed by atoms with van der Waals surface area (Å²) in [7, 11) is 0. The van der Waals surface area contributed by atoms with Crippen molar-refractivity contribution in [3.8, 4) is 0 Å². The number of nitrogens with one attached hydrogen (secondary N) is 2. The number of hydrogen-bond donors (Lipinski definition) is 3. The monoisotopic (exact) mass is 208 g/mol. The molecule has 0 aromatic carbocycles.